The summed E-state index contributed by atoms with van der Waals surface area (Å²) < 4.78 is 4.57. The van der Waals surface area contributed by atoms with Crippen molar-refractivity contribution in [2.24, 2.45) is 0 Å². The standard InChI is InChI=1S/2C2Br3.Hg/c2*3-1-2(4)5;. The molecule has 0 saturated heterocycles. The SMILES string of the molecule is BrC(Br)=[C](Br)[Hg][C](Br)=C(Br)Br. The fourth-order valence-electron chi connectivity index (χ4n) is 0.270. The number of rotatable bonds is 2. The van der Waals surface area contributed by atoms with E-state index < -0.39 is 24.6 Å². The Balaban J connectivity index is 4.30. The van der Waals surface area contributed by atoms with E-state index in [1.54, 1.807) is 0 Å². The zero-order valence-electron chi connectivity index (χ0n) is 4.97. The fourth-order valence-corrected chi connectivity index (χ4v) is 15.5. The Kier molecular flexibility index (Phi) is 9.84. The van der Waals surface area contributed by atoms with Crippen LogP contribution in [0.1, 0.15) is 0 Å². The van der Waals surface area contributed by atoms with Crippen molar-refractivity contribution in [3.8, 4) is 0 Å². The maximum absolute atomic E-state index is 3.49. The van der Waals surface area contributed by atoms with Crippen molar-refractivity contribution < 1.29 is 24.6 Å². The van der Waals surface area contributed by atoms with Crippen LogP contribution in [0.2, 0.25) is 0 Å². The first-order valence-corrected chi connectivity index (χ1v) is 12.6. The quantitative estimate of drug-likeness (QED) is 0.321. The van der Waals surface area contributed by atoms with Crippen molar-refractivity contribution in [2.45, 2.75) is 0 Å². The Labute approximate surface area is 128 Å². The summed E-state index contributed by atoms with van der Waals surface area (Å²) in [5.41, 5.74) is 0. The second-order valence-electron chi connectivity index (χ2n) is 1.51. The third kappa shape index (κ3) is 7.25. The average molecular weight is 728 g/mol. The molecule has 0 saturated carbocycles. The number of hydrogen-bond donors (Lipinski definition) is 0. The molecule has 0 aromatic carbocycles. The van der Waals surface area contributed by atoms with Gasteiger partial charge in [-0.05, 0) is 0 Å². The third-order valence-electron chi connectivity index (χ3n) is 0.721. The van der Waals surface area contributed by atoms with Gasteiger partial charge in [0.25, 0.3) is 0 Å². The second kappa shape index (κ2) is 7.57. The topological polar surface area (TPSA) is 0 Å². The molecule has 0 amide bonds. The first-order chi connectivity index (χ1) is 4.95. The van der Waals surface area contributed by atoms with Gasteiger partial charge in [-0.2, -0.15) is 0 Å². The van der Waals surface area contributed by atoms with Gasteiger partial charge in [0.05, 0.1) is 0 Å². The maximum atomic E-state index is 3.49. The number of hydrogen-bond acceptors (Lipinski definition) is 0. The van der Waals surface area contributed by atoms with Crippen LogP contribution in [0.5, 0.6) is 0 Å². The van der Waals surface area contributed by atoms with Gasteiger partial charge in [-0.3, -0.25) is 0 Å². The van der Waals surface area contributed by atoms with Crippen molar-refractivity contribution in [1.82, 2.24) is 0 Å². The van der Waals surface area contributed by atoms with Gasteiger partial charge in [0.15, 0.2) is 0 Å². The zero-order valence-corrected chi connectivity index (χ0v) is 20.0. The molecule has 0 heterocycles. The summed E-state index contributed by atoms with van der Waals surface area (Å²) in [6, 6.07) is 0. The Hall–Kier alpha value is 3.30. The van der Waals surface area contributed by atoms with E-state index in [1.807, 2.05) is 0 Å². The molecule has 0 bridgehead atoms. The van der Waals surface area contributed by atoms with Crippen molar-refractivity contribution in [3.63, 3.8) is 0 Å². The van der Waals surface area contributed by atoms with Crippen LogP contribution < -0.4 is 0 Å². The molecule has 60 valence electrons. The Bertz CT molecular complexity index is 177. The Morgan fingerprint density at radius 3 is 1.09 bits per heavy atom. The summed E-state index contributed by atoms with van der Waals surface area (Å²) in [7, 11) is 0. The van der Waals surface area contributed by atoms with E-state index >= 15 is 0 Å². The Morgan fingerprint density at radius 2 is 0.909 bits per heavy atom. The molecule has 0 spiro atoms. The van der Waals surface area contributed by atoms with Crippen LogP contribution >= 0.6 is 95.6 Å². The molecule has 0 radical (unpaired) electrons. The molecule has 0 nitrogen and oxygen atoms in total. The molecule has 7 heteroatoms. The fraction of sp³-hybridized carbons (Fsp3) is 0. The average Bonchev–Trinajstić information content (AvgIpc) is 1.87. The van der Waals surface area contributed by atoms with Crippen molar-refractivity contribution in [2.75, 3.05) is 0 Å². The third-order valence-corrected chi connectivity index (χ3v) is 23.7. The van der Waals surface area contributed by atoms with Crippen LogP contribution in [0.25, 0.3) is 0 Å². The van der Waals surface area contributed by atoms with E-state index in [0.29, 0.717) is 0 Å². The Morgan fingerprint density at radius 1 is 0.636 bits per heavy atom. The normalized spacial score (nSPS) is 8.55. The van der Waals surface area contributed by atoms with E-state index in [9.17, 15) is 0 Å². The van der Waals surface area contributed by atoms with Crippen LogP contribution in [0.15, 0.2) is 10.8 Å². The molecule has 0 aliphatic heterocycles. The molecule has 0 rings (SSSR count). The van der Waals surface area contributed by atoms with Crippen molar-refractivity contribution in [1.29, 1.82) is 0 Å². The van der Waals surface area contributed by atoms with Gasteiger partial charge in [-0.1, -0.05) is 0 Å². The van der Waals surface area contributed by atoms with Crippen LogP contribution in [0.4, 0.5) is 0 Å². The van der Waals surface area contributed by atoms with E-state index in [1.165, 1.54) is 3.98 Å². The first-order valence-electron chi connectivity index (χ1n) is 2.34. The van der Waals surface area contributed by atoms with E-state index in [-0.39, 0.29) is 0 Å². The summed E-state index contributed by atoms with van der Waals surface area (Å²) in [4.78, 5) is 0. The van der Waals surface area contributed by atoms with Crippen molar-refractivity contribution >= 4 is 95.6 Å². The summed E-state index contributed by atoms with van der Waals surface area (Å²) >= 11 is 19.2. The minimum atomic E-state index is -1.16. The molecule has 0 aliphatic rings. The van der Waals surface area contributed by atoms with Crippen molar-refractivity contribution in [3.05, 3.63) is 10.8 Å². The molecule has 0 aromatic heterocycles. The van der Waals surface area contributed by atoms with Gasteiger partial charge >= 0.3 is 131 Å². The van der Waals surface area contributed by atoms with Crippen LogP contribution in [0, 0.1) is 0 Å². The van der Waals surface area contributed by atoms with Gasteiger partial charge in [-0.25, -0.2) is 0 Å². The molecule has 0 fully saturated rings. The van der Waals surface area contributed by atoms with E-state index in [2.05, 4.69) is 95.6 Å². The second-order valence-corrected chi connectivity index (χ2v) is 23.6. The summed E-state index contributed by atoms with van der Waals surface area (Å²) in [5.74, 6) is 0. The first kappa shape index (κ1) is 14.3. The molecule has 11 heavy (non-hydrogen) atoms. The predicted octanol–water partition coefficient (Wildman–Crippen LogP) is 5.69. The monoisotopic (exact) mass is 723 g/mol. The van der Waals surface area contributed by atoms with Gasteiger partial charge < -0.3 is 0 Å². The van der Waals surface area contributed by atoms with Crippen LogP contribution in [-0.4, -0.2) is 0 Å². The van der Waals surface area contributed by atoms with Gasteiger partial charge in [0.2, 0.25) is 0 Å². The predicted molar refractivity (Wildman–Crippen MR) is 67.6 cm³/mol. The molecule has 0 aromatic rings. The summed E-state index contributed by atoms with van der Waals surface area (Å²) in [6.45, 7) is 0. The zero-order chi connectivity index (χ0) is 9.02. The van der Waals surface area contributed by atoms with E-state index in [4.69, 9.17) is 0 Å². The van der Waals surface area contributed by atoms with Crippen LogP contribution in [-0.2, 0) is 24.6 Å². The van der Waals surface area contributed by atoms with E-state index in [0.717, 1.165) is 6.78 Å². The molecule has 0 N–H and O–H groups in total. The summed E-state index contributed by atoms with van der Waals surface area (Å²) in [6.07, 6.45) is 0. The van der Waals surface area contributed by atoms with Gasteiger partial charge in [-0.15, -0.1) is 0 Å². The van der Waals surface area contributed by atoms with Gasteiger partial charge in [0.1, 0.15) is 0 Å². The number of halogens is 6. The van der Waals surface area contributed by atoms with Crippen LogP contribution in [0.3, 0.4) is 0 Å². The molecule has 0 atom stereocenters. The molecule has 0 aliphatic carbocycles. The van der Waals surface area contributed by atoms with Gasteiger partial charge in [0, 0.05) is 0 Å². The molecular formula is C4Br6Hg. The molecule has 0 unspecified atom stereocenters. The molecular weight excluding hydrogens is 728 g/mol. The minimum absolute atomic E-state index is 1.02. The summed E-state index contributed by atoms with van der Waals surface area (Å²) in [5, 5.41) is 0.